The number of methoxy groups -OCH3 is 1. The molecule has 6 heteroatoms. The van der Waals surface area contributed by atoms with E-state index in [4.69, 9.17) is 4.74 Å². The van der Waals surface area contributed by atoms with E-state index in [2.05, 4.69) is 10.6 Å². The van der Waals surface area contributed by atoms with E-state index in [9.17, 15) is 9.18 Å². The number of benzene rings is 1. The van der Waals surface area contributed by atoms with Crippen molar-refractivity contribution in [3.05, 3.63) is 29.6 Å². The number of hydrogen-bond donors (Lipinski definition) is 2. The van der Waals surface area contributed by atoms with Gasteiger partial charge in [-0.1, -0.05) is 12.5 Å². The molecular formula is C15H22ClFN2O2. The molecule has 2 rings (SSSR count). The van der Waals surface area contributed by atoms with Gasteiger partial charge < -0.3 is 15.4 Å². The molecule has 1 amide bonds. The lowest BCUT2D eigenvalue weighted by atomic mass is 10.0. The molecule has 118 valence electrons. The number of carbonyl (C=O) groups excluding carboxylic acids is 1. The normalized spacial score (nSPS) is 17.7. The van der Waals surface area contributed by atoms with Gasteiger partial charge in [0, 0.05) is 6.54 Å². The smallest absolute Gasteiger partial charge is 0.237 e. The number of piperidine rings is 1. The van der Waals surface area contributed by atoms with Crippen molar-refractivity contribution in [3.8, 4) is 5.75 Å². The molecule has 1 saturated heterocycles. The third-order valence-corrected chi connectivity index (χ3v) is 3.56. The minimum absolute atomic E-state index is 0. The topological polar surface area (TPSA) is 50.4 Å². The lowest BCUT2D eigenvalue weighted by Gasteiger charge is -2.22. The summed E-state index contributed by atoms with van der Waals surface area (Å²) < 4.78 is 18.4. The first-order valence-electron chi connectivity index (χ1n) is 7.04. The highest BCUT2D eigenvalue weighted by Gasteiger charge is 2.19. The van der Waals surface area contributed by atoms with Gasteiger partial charge in [0.05, 0.1) is 13.2 Å². The van der Waals surface area contributed by atoms with E-state index in [0.717, 1.165) is 31.4 Å². The second-order valence-corrected chi connectivity index (χ2v) is 5.01. The fourth-order valence-corrected chi connectivity index (χ4v) is 2.39. The molecule has 1 aliphatic heterocycles. The highest BCUT2D eigenvalue weighted by Crippen LogP contribution is 2.17. The molecule has 1 aliphatic rings. The molecule has 0 spiro atoms. The Morgan fingerprint density at radius 2 is 2.29 bits per heavy atom. The molecule has 1 fully saturated rings. The van der Waals surface area contributed by atoms with Crippen molar-refractivity contribution < 1.29 is 13.9 Å². The van der Waals surface area contributed by atoms with Crippen LogP contribution in [0.3, 0.4) is 0 Å². The van der Waals surface area contributed by atoms with E-state index in [-0.39, 0.29) is 35.9 Å². The molecule has 0 saturated carbocycles. The average Bonchev–Trinajstić information content (AvgIpc) is 2.48. The minimum atomic E-state index is -0.370. The average molecular weight is 317 g/mol. The Morgan fingerprint density at radius 3 is 2.90 bits per heavy atom. The zero-order chi connectivity index (χ0) is 14.4. The lowest BCUT2D eigenvalue weighted by molar-refractivity contribution is -0.123. The molecule has 0 bridgehead atoms. The van der Waals surface area contributed by atoms with Crippen LogP contribution in [0.5, 0.6) is 5.75 Å². The van der Waals surface area contributed by atoms with Crippen LogP contribution in [-0.4, -0.2) is 32.1 Å². The third-order valence-electron chi connectivity index (χ3n) is 3.56. The number of hydrogen-bond acceptors (Lipinski definition) is 3. The van der Waals surface area contributed by atoms with E-state index < -0.39 is 0 Å². The second-order valence-electron chi connectivity index (χ2n) is 5.01. The zero-order valence-corrected chi connectivity index (χ0v) is 13.0. The van der Waals surface area contributed by atoms with Crippen molar-refractivity contribution in [1.29, 1.82) is 0 Å². The highest BCUT2D eigenvalue weighted by molar-refractivity contribution is 5.85. The summed E-state index contributed by atoms with van der Waals surface area (Å²) in [5, 5.41) is 6.10. The van der Waals surface area contributed by atoms with Crippen LogP contribution >= 0.6 is 12.4 Å². The Balaban J connectivity index is 0.00000220. The largest absolute Gasteiger partial charge is 0.494 e. The van der Waals surface area contributed by atoms with E-state index in [1.807, 2.05) is 6.07 Å². The first-order valence-corrected chi connectivity index (χ1v) is 7.04. The van der Waals surface area contributed by atoms with Gasteiger partial charge in [0.2, 0.25) is 5.91 Å². The molecule has 0 radical (unpaired) electrons. The van der Waals surface area contributed by atoms with Gasteiger partial charge in [-0.25, -0.2) is 4.39 Å². The Morgan fingerprint density at radius 1 is 1.48 bits per heavy atom. The van der Waals surface area contributed by atoms with Crippen molar-refractivity contribution in [3.63, 3.8) is 0 Å². The van der Waals surface area contributed by atoms with Crippen LogP contribution in [0.25, 0.3) is 0 Å². The predicted octanol–water partition coefficient (Wildman–Crippen LogP) is 2.06. The van der Waals surface area contributed by atoms with E-state index in [1.165, 1.54) is 13.2 Å². The Bertz CT molecular complexity index is 465. The first kappa shape index (κ1) is 17.7. The second kappa shape index (κ2) is 8.85. The maximum Gasteiger partial charge on any atom is 0.237 e. The van der Waals surface area contributed by atoms with Gasteiger partial charge >= 0.3 is 0 Å². The molecule has 0 aromatic heterocycles. The molecule has 4 nitrogen and oxygen atoms in total. The van der Waals surface area contributed by atoms with Gasteiger partial charge in [-0.3, -0.25) is 4.79 Å². The SMILES string of the molecule is COc1ccc(CCNC(=O)C2CCCCN2)cc1F.Cl. The van der Waals surface area contributed by atoms with Crippen LogP contribution in [0.15, 0.2) is 18.2 Å². The zero-order valence-electron chi connectivity index (χ0n) is 12.2. The van der Waals surface area contributed by atoms with Gasteiger partial charge in [-0.15, -0.1) is 12.4 Å². The summed E-state index contributed by atoms with van der Waals surface area (Å²) in [7, 11) is 1.44. The Kier molecular flexibility index (Phi) is 7.47. The minimum Gasteiger partial charge on any atom is -0.494 e. The quantitative estimate of drug-likeness (QED) is 0.874. The Hall–Kier alpha value is -1.33. The van der Waals surface area contributed by atoms with Gasteiger partial charge in [-0.2, -0.15) is 0 Å². The fourth-order valence-electron chi connectivity index (χ4n) is 2.39. The molecule has 1 heterocycles. The van der Waals surface area contributed by atoms with Crippen LogP contribution in [0.1, 0.15) is 24.8 Å². The maximum atomic E-state index is 13.5. The number of carbonyl (C=O) groups is 1. The molecule has 1 aromatic carbocycles. The van der Waals surface area contributed by atoms with Crippen molar-refractivity contribution >= 4 is 18.3 Å². The van der Waals surface area contributed by atoms with Crippen LogP contribution < -0.4 is 15.4 Å². The van der Waals surface area contributed by atoms with Crippen LogP contribution in [-0.2, 0) is 11.2 Å². The molecule has 1 aromatic rings. The highest BCUT2D eigenvalue weighted by atomic mass is 35.5. The maximum absolute atomic E-state index is 13.5. The summed E-state index contributed by atoms with van der Waals surface area (Å²) >= 11 is 0. The van der Waals surface area contributed by atoms with E-state index >= 15 is 0 Å². The summed E-state index contributed by atoms with van der Waals surface area (Å²) in [5.41, 5.74) is 0.847. The molecule has 2 N–H and O–H groups in total. The molecule has 1 unspecified atom stereocenters. The van der Waals surface area contributed by atoms with Crippen molar-refractivity contribution in [2.24, 2.45) is 0 Å². The summed E-state index contributed by atoms with van der Waals surface area (Å²) in [4.78, 5) is 11.9. The van der Waals surface area contributed by atoms with Gasteiger partial charge in [0.1, 0.15) is 0 Å². The monoisotopic (exact) mass is 316 g/mol. The third kappa shape index (κ3) is 5.17. The molecular weight excluding hydrogens is 295 g/mol. The van der Waals surface area contributed by atoms with Crippen LogP contribution in [0.2, 0.25) is 0 Å². The van der Waals surface area contributed by atoms with Crippen molar-refractivity contribution in [2.75, 3.05) is 20.2 Å². The van der Waals surface area contributed by atoms with Gasteiger partial charge in [0.25, 0.3) is 0 Å². The number of nitrogens with one attached hydrogen (secondary N) is 2. The summed E-state index contributed by atoms with van der Waals surface area (Å²) in [6, 6.07) is 4.79. The molecule has 1 atom stereocenters. The summed E-state index contributed by atoms with van der Waals surface area (Å²) in [6.07, 6.45) is 3.73. The molecule has 21 heavy (non-hydrogen) atoms. The first-order chi connectivity index (χ1) is 9.70. The standard InChI is InChI=1S/C15H21FN2O2.ClH/c1-20-14-6-5-11(10-12(14)16)7-9-18-15(19)13-4-2-3-8-17-13;/h5-6,10,13,17H,2-4,7-9H2,1H3,(H,18,19);1H. The fraction of sp³-hybridized carbons (Fsp3) is 0.533. The Labute approximate surface area is 130 Å². The summed E-state index contributed by atoms with van der Waals surface area (Å²) in [5.74, 6) is -0.0897. The van der Waals surface area contributed by atoms with E-state index in [1.54, 1.807) is 6.07 Å². The number of halogens is 2. The van der Waals surface area contributed by atoms with Crippen molar-refractivity contribution in [2.45, 2.75) is 31.7 Å². The summed E-state index contributed by atoms with van der Waals surface area (Å²) in [6.45, 7) is 1.42. The predicted molar refractivity (Wildman–Crippen MR) is 82.6 cm³/mol. The van der Waals surface area contributed by atoms with Crippen LogP contribution in [0.4, 0.5) is 4.39 Å². The van der Waals surface area contributed by atoms with Crippen molar-refractivity contribution in [1.82, 2.24) is 10.6 Å². The molecule has 0 aliphatic carbocycles. The number of ether oxygens (including phenoxy) is 1. The van der Waals surface area contributed by atoms with Gasteiger partial charge in [-0.05, 0) is 43.5 Å². The number of amides is 1. The van der Waals surface area contributed by atoms with Gasteiger partial charge in [0.15, 0.2) is 11.6 Å². The lowest BCUT2D eigenvalue weighted by Crippen LogP contribution is -2.47. The van der Waals surface area contributed by atoms with E-state index in [0.29, 0.717) is 13.0 Å². The number of rotatable bonds is 5. The van der Waals surface area contributed by atoms with Crippen LogP contribution in [0, 0.1) is 5.82 Å².